The Labute approximate surface area is 143 Å². The first kappa shape index (κ1) is 18.3. The van der Waals surface area contributed by atoms with Gasteiger partial charge in [-0.3, -0.25) is 4.79 Å². The van der Waals surface area contributed by atoms with E-state index in [1.165, 1.54) is 0 Å². The second-order valence-corrected chi connectivity index (χ2v) is 7.84. The maximum Gasteiger partial charge on any atom is 0.235 e. The molecule has 0 aliphatic carbocycles. The Kier molecular flexibility index (Phi) is 6.96. The van der Waals surface area contributed by atoms with Crippen molar-refractivity contribution in [2.75, 3.05) is 18.8 Å². The number of aryl methyl sites for hydroxylation is 1. The zero-order valence-corrected chi connectivity index (χ0v) is 15.3. The maximum absolute atomic E-state index is 12.6. The maximum atomic E-state index is 12.6. The van der Waals surface area contributed by atoms with E-state index >= 15 is 0 Å². The van der Waals surface area contributed by atoms with Crippen molar-refractivity contribution >= 4 is 17.7 Å². The Morgan fingerprint density at radius 2 is 2.35 bits per heavy atom. The minimum Gasteiger partial charge on any atom is -0.385 e. The molecule has 1 aliphatic heterocycles. The quantitative estimate of drug-likeness (QED) is 0.776. The van der Waals surface area contributed by atoms with E-state index < -0.39 is 6.10 Å². The minimum atomic E-state index is -0.603. The highest BCUT2D eigenvalue weighted by Crippen LogP contribution is 2.29. The van der Waals surface area contributed by atoms with E-state index in [1.807, 2.05) is 29.6 Å². The molecule has 0 radical (unpaired) electrons. The zero-order chi connectivity index (χ0) is 16.8. The van der Waals surface area contributed by atoms with Crippen LogP contribution in [0.4, 0.5) is 0 Å². The van der Waals surface area contributed by atoms with E-state index in [0.29, 0.717) is 12.4 Å². The first-order chi connectivity index (χ1) is 11.0. The normalized spacial score (nSPS) is 21.2. The molecule has 0 bridgehead atoms. The zero-order valence-electron chi connectivity index (χ0n) is 14.4. The van der Waals surface area contributed by atoms with Crippen LogP contribution in [-0.2, 0) is 11.8 Å². The molecule has 1 amide bonds. The van der Waals surface area contributed by atoms with Crippen molar-refractivity contribution in [2.24, 2.45) is 13.0 Å². The third-order valence-electron chi connectivity index (χ3n) is 4.55. The molecule has 1 aliphatic rings. The van der Waals surface area contributed by atoms with Gasteiger partial charge in [0.25, 0.3) is 0 Å². The SMILES string of the molecule is CCCCSC(C)C(=O)N1CCCC(C(O)c2nccn2C)C1. The van der Waals surface area contributed by atoms with Gasteiger partial charge in [-0.05, 0) is 31.9 Å². The number of carbonyl (C=O) groups excluding carboxylic acids is 1. The summed E-state index contributed by atoms with van der Waals surface area (Å²) in [5.74, 6) is 2.01. The highest BCUT2D eigenvalue weighted by atomic mass is 32.2. The van der Waals surface area contributed by atoms with Crippen LogP contribution in [0.15, 0.2) is 12.4 Å². The van der Waals surface area contributed by atoms with Gasteiger partial charge in [-0.25, -0.2) is 4.98 Å². The number of hydrogen-bond donors (Lipinski definition) is 1. The Hall–Kier alpha value is -1.01. The largest absolute Gasteiger partial charge is 0.385 e. The number of amides is 1. The molecule has 2 rings (SSSR count). The fourth-order valence-corrected chi connectivity index (χ4v) is 4.17. The van der Waals surface area contributed by atoms with E-state index in [4.69, 9.17) is 0 Å². The molecule has 3 atom stereocenters. The van der Waals surface area contributed by atoms with Gasteiger partial charge in [-0.1, -0.05) is 13.3 Å². The fourth-order valence-electron chi connectivity index (χ4n) is 3.07. The summed E-state index contributed by atoms with van der Waals surface area (Å²) in [7, 11) is 1.89. The van der Waals surface area contributed by atoms with Gasteiger partial charge in [0.2, 0.25) is 5.91 Å². The lowest BCUT2D eigenvalue weighted by atomic mass is 9.92. The second kappa shape index (κ2) is 8.73. The number of thioether (sulfide) groups is 1. The van der Waals surface area contributed by atoms with E-state index in [9.17, 15) is 9.90 Å². The van der Waals surface area contributed by atoms with Crippen LogP contribution in [0.25, 0.3) is 0 Å². The van der Waals surface area contributed by atoms with Gasteiger partial charge in [0.15, 0.2) is 0 Å². The minimum absolute atomic E-state index is 0.00519. The van der Waals surface area contributed by atoms with Gasteiger partial charge in [0.05, 0.1) is 5.25 Å². The summed E-state index contributed by atoms with van der Waals surface area (Å²) < 4.78 is 1.86. The number of carbonyl (C=O) groups is 1. The van der Waals surface area contributed by atoms with E-state index in [-0.39, 0.29) is 17.1 Å². The molecule has 0 spiro atoms. The van der Waals surface area contributed by atoms with E-state index in [2.05, 4.69) is 11.9 Å². The third-order valence-corrected chi connectivity index (χ3v) is 5.78. The highest BCUT2D eigenvalue weighted by molar-refractivity contribution is 8.00. The number of aromatic nitrogens is 2. The van der Waals surface area contributed by atoms with Crippen LogP contribution >= 0.6 is 11.8 Å². The highest BCUT2D eigenvalue weighted by Gasteiger charge is 2.32. The molecule has 130 valence electrons. The number of piperidine rings is 1. The summed E-state index contributed by atoms with van der Waals surface area (Å²) in [5.41, 5.74) is 0. The Bertz CT molecular complexity index is 506. The lowest BCUT2D eigenvalue weighted by Gasteiger charge is -2.36. The first-order valence-corrected chi connectivity index (χ1v) is 9.65. The summed E-state index contributed by atoms with van der Waals surface area (Å²) in [4.78, 5) is 18.8. The number of nitrogens with zero attached hydrogens (tertiary/aromatic N) is 3. The molecule has 23 heavy (non-hydrogen) atoms. The number of likely N-dealkylation sites (tertiary alicyclic amines) is 1. The Morgan fingerprint density at radius 3 is 3.00 bits per heavy atom. The summed E-state index contributed by atoms with van der Waals surface area (Å²) in [6, 6.07) is 0. The van der Waals surface area contributed by atoms with Gasteiger partial charge in [-0.15, -0.1) is 11.8 Å². The monoisotopic (exact) mass is 339 g/mol. The van der Waals surface area contributed by atoms with Gasteiger partial charge < -0.3 is 14.6 Å². The van der Waals surface area contributed by atoms with Gasteiger partial charge in [0, 0.05) is 38.4 Å². The fraction of sp³-hybridized carbons (Fsp3) is 0.765. The molecule has 1 fully saturated rings. The Morgan fingerprint density at radius 1 is 1.57 bits per heavy atom. The second-order valence-electron chi connectivity index (χ2n) is 6.39. The van der Waals surface area contributed by atoms with Crippen LogP contribution in [0.2, 0.25) is 0 Å². The van der Waals surface area contributed by atoms with Crippen molar-refractivity contribution in [2.45, 2.75) is 50.9 Å². The molecule has 3 unspecified atom stereocenters. The van der Waals surface area contributed by atoms with Crippen LogP contribution in [0, 0.1) is 5.92 Å². The van der Waals surface area contributed by atoms with Crippen LogP contribution in [0.5, 0.6) is 0 Å². The van der Waals surface area contributed by atoms with Crippen LogP contribution in [-0.4, -0.2) is 49.6 Å². The molecule has 1 N–H and O–H groups in total. The van der Waals surface area contributed by atoms with Crippen molar-refractivity contribution in [1.29, 1.82) is 0 Å². The molecule has 0 aromatic carbocycles. The van der Waals surface area contributed by atoms with Crippen molar-refractivity contribution in [3.8, 4) is 0 Å². The summed E-state index contributed by atoms with van der Waals surface area (Å²) >= 11 is 1.74. The number of aliphatic hydroxyl groups is 1. The molecule has 1 aromatic rings. The van der Waals surface area contributed by atoms with Crippen molar-refractivity contribution < 1.29 is 9.90 Å². The number of hydrogen-bond acceptors (Lipinski definition) is 4. The molecule has 1 saturated heterocycles. The average molecular weight is 340 g/mol. The van der Waals surface area contributed by atoms with Gasteiger partial charge in [-0.2, -0.15) is 0 Å². The van der Waals surface area contributed by atoms with Crippen molar-refractivity contribution in [3.63, 3.8) is 0 Å². The van der Waals surface area contributed by atoms with Gasteiger partial charge >= 0.3 is 0 Å². The molecule has 6 heteroatoms. The van der Waals surface area contributed by atoms with Crippen molar-refractivity contribution in [1.82, 2.24) is 14.5 Å². The van der Waals surface area contributed by atoms with Crippen LogP contribution in [0.3, 0.4) is 0 Å². The molecule has 2 heterocycles. The van der Waals surface area contributed by atoms with Crippen LogP contribution in [0.1, 0.15) is 51.5 Å². The summed E-state index contributed by atoms with van der Waals surface area (Å²) in [5, 5.41) is 10.6. The number of rotatable bonds is 7. The Balaban J connectivity index is 1.92. The predicted molar refractivity (Wildman–Crippen MR) is 94.3 cm³/mol. The molecule has 0 saturated carbocycles. The number of unbranched alkanes of at least 4 members (excludes halogenated alkanes) is 1. The van der Waals surface area contributed by atoms with E-state index in [0.717, 1.165) is 38.0 Å². The number of imidazole rings is 1. The number of aliphatic hydroxyl groups excluding tert-OH is 1. The molecular formula is C17H29N3O2S. The molecule has 1 aromatic heterocycles. The van der Waals surface area contributed by atoms with Gasteiger partial charge in [0.1, 0.15) is 11.9 Å². The molecular weight excluding hydrogens is 310 g/mol. The summed E-state index contributed by atoms with van der Waals surface area (Å²) in [6.07, 6.45) is 7.15. The van der Waals surface area contributed by atoms with E-state index in [1.54, 1.807) is 18.0 Å². The molecule has 5 nitrogen and oxygen atoms in total. The average Bonchev–Trinajstić information content (AvgIpc) is 2.99. The predicted octanol–water partition coefficient (Wildman–Crippen LogP) is 2.61. The lowest BCUT2D eigenvalue weighted by molar-refractivity contribution is -0.133. The lowest BCUT2D eigenvalue weighted by Crippen LogP contribution is -2.45. The topological polar surface area (TPSA) is 58.4 Å². The van der Waals surface area contributed by atoms with Crippen molar-refractivity contribution in [3.05, 3.63) is 18.2 Å². The smallest absolute Gasteiger partial charge is 0.235 e. The standard InChI is InChI=1S/C17H29N3O2S/c1-4-5-11-23-13(2)17(22)20-9-6-7-14(12-20)15(21)16-18-8-10-19(16)3/h8,10,13-15,21H,4-7,9,11-12H2,1-3H3. The first-order valence-electron chi connectivity index (χ1n) is 8.60. The summed E-state index contributed by atoms with van der Waals surface area (Å²) in [6.45, 7) is 5.61. The third kappa shape index (κ3) is 4.73. The van der Waals surface area contributed by atoms with Crippen LogP contribution < -0.4 is 0 Å².